The van der Waals surface area contributed by atoms with Crippen LogP contribution in [-0.4, -0.2) is 45.9 Å². The van der Waals surface area contributed by atoms with Crippen molar-refractivity contribution in [1.82, 2.24) is 14.8 Å². The molecule has 1 aromatic carbocycles. The highest BCUT2D eigenvalue weighted by molar-refractivity contribution is 7.09. The zero-order valence-electron chi connectivity index (χ0n) is 17.3. The number of nitrogens with zero attached hydrogens (tertiary/aromatic N) is 3. The highest BCUT2D eigenvalue weighted by atomic mass is 35.5. The van der Waals surface area contributed by atoms with Crippen LogP contribution in [-0.2, 0) is 6.54 Å². The van der Waals surface area contributed by atoms with E-state index in [1.807, 2.05) is 18.7 Å². The molecule has 2 aromatic rings. The third-order valence-corrected chi connectivity index (χ3v) is 6.77. The minimum atomic E-state index is -0.267. The summed E-state index contributed by atoms with van der Waals surface area (Å²) in [6.07, 6.45) is 2.05. The quantitative estimate of drug-likeness (QED) is 0.605. The van der Waals surface area contributed by atoms with Crippen molar-refractivity contribution in [2.45, 2.75) is 46.2 Å². The van der Waals surface area contributed by atoms with Crippen molar-refractivity contribution in [3.05, 3.63) is 44.3 Å². The van der Waals surface area contributed by atoms with Crippen molar-refractivity contribution in [3.8, 4) is 0 Å². The molecule has 9 heteroatoms. The maximum absolute atomic E-state index is 12.8. The van der Waals surface area contributed by atoms with Crippen LogP contribution in [0.4, 0.5) is 10.5 Å². The zero-order valence-corrected chi connectivity index (χ0v) is 19.7. The number of benzene rings is 1. The van der Waals surface area contributed by atoms with Crippen molar-refractivity contribution in [1.29, 1.82) is 0 Å². The highest BCUT2D eigenvalue weighted by Gasteiger charge is 2.24. The molecule has 1 fully saturated rings. The average Bonchev–Trinajstić information content (AvgIpc) is 3.17. The van der Waals surface area contributed by atoms with Crippen molar-refractivity contribution < 1.29 is 9.59 Å². The van der Waals surface area contributed by atoms with Crippen LogP contribution in [0.25, 0.3) is 0 Å². The van der Waals surface area contributed by atoms with Gasteiger partial charge in [-0.3, -0.25) is 4.79 Å². The number of carbonyl (C=O) groups excluding carboxylic acids is 2. The smallest absolute Gasteiger partial charge is 0.322 e. The molecule has 1 aliphatic heterocycles. The molecule has 3 amide bonds. The van der Waals surface area contributed by atoms with E-state index in [1.165, 1.54) is 11.3 Å². The minimum Gasteiger partial charge on any atom is -0.337 e. The first-order valence-electron chi connectivity index (χ1n) is 10.0. The summed E-state index contributed by atoms with van der Waals surface area (Å²) < 4.78 is 0. The largest absolute Gasteiger partial charge is 0.337 e. The van der Waals surface area contributed by atoms with Crippen LogP contribution in [0.5, 0.6) is 0 Å². The Balaban J connectivity index is 1.65. The molecule has 0 spiro atoms. The average molecular weight is 469 g/mol. The van der Waals surface area contributed by atoms with E-state index < -0.39 is 0 Å². The lowest BCUT2D eigenvalue weighted by Crippen LogP contribution is -2.39. The first-order chi connectivity index (χ1) is 14.2. The van der Waals surface area contributed by atoms with E-state index in [1.54, 1.807) is 28.5 Å². The molecule has 0 saturated carbocycles. The Morgan fingerprint density at radius 3 is 2.60 bits per heavy atom. The van der Waals surface area contributed by atoms with Crippen molar-refractivity contribution >= 4 is 52.2 Å². The highest BCUT2D eigenvalue weighted by Crippen LogP contribution is 2.26. The van der Waals surface area contributed by atoms with Crippen LogP contribution in [0.3, 0.4) is 0 Å². The summed E-state index contributed by atoms with van der Waals surface area (Å²) in [5, 5.41) is 6.15. The number of aromatic nitrogens is 1. The van der Waals surface area contributed by atoms with Gasteiger partial charge in [-0.1, -0.05) is 30.1 Å². The molecule has 1 aromatic heterocycles. The summed E-state index contributed by atoms with van der Waals surface area (Å²) in [6, 6.07) is 4.62. The maximum atomic E-state index is 12.8. The minimum absolute atomic E-state index is 0.0271. The van der Waals surface area contributed by atoms with Crippen LogP contribution in [0.2, 0.25) is 10.0 Å². The molecule has 162 valence electrons. The molecular formula is C21H26Cl2N4O2S. The summed E-state index contributed by atoms with van der Waals surface area (Å²) >= 11 is 13.4. The summed E-state index contributed by atoms with van der Waals surface area (Å²) in [6.45, 7) is 7.95. The predicted molar refractivity (Wildman–Crippen MR) is 123 cm³/mol. The molecule has 1 saturated heterocycles. The standard InChI is InChI=1S/C21H26Cl2N4O2S/c1-13(2)27(21(29)24-15-4-5-16(22)17(23)10-15)11-19-25-18(12-30-19)20(28)26-8-6-14(3)7-9-26/h4-5,10,12-14H,6-9,11H2,1-3H3,(H,24,29). The number of carbonyl (C=O) groups is 2. The van der Waals surface area contributed by atoms with Gasteiger partial charge in [0.25, 0.3) is 5.91 Å². The lowest BCUT2D eigenvalue weighted by molar-refractivity contribution is 0.0692. The van der Waals surface area contributed by atoms with Gasteiger partial charge in [0.2, 0.25) is 0 Å². The van der Waals surface area contributed by atoms with E-state index in [0.29, 0.717) is 33.9 Å². The predicted octanol–water partition coefficient (Wildman–Crippen LogP) is 5.76. The van der Waals surface area contributed by atoms with Gasteiger partial charge in [0.15, 0.2) is 0 Å². The Labute approximate surface area is 191 Å². The molecule has 0 unspecified atom stereocenters. The number of hydrogen-bond donors (Lipinski definition) is 1. The number of anilines is 1. The number of rotatable bonds is 5. The second kappa shape index (κ2) is 9.98. The molecule has 2 heterocycles. The van der Waals surface area contributed by atoms with Crippen LogP contribution in [0.1, 0.15) is 49.1 Å². The lowest BCUT2D eigenvalue weighted by Gasteiger charge is -2.29. The molecule has 6 nitrogen and oxygen atoms in total. The Bertz CT molecular complexity index is 910. The number of halogens is 2. The number of piperidine rings is 1. The van der Waals surface area contributed by atoms with Crippen LogP contribution in [0.15, 0.2) is 23.6 Å². The summed E-state index contributed by atoms with van der Waals surface area (Å²) in [4.78, 5) is 33.6. The third kappa shape index (κ3) is 5.65. The van der Waals surface area contributed by atoms with Gasteiger partial charge in [-0.15, -0.1) is 11.3 Å². The van der Waals surface area contributed by atoms with Crippen LogP contribution in [0, 0.1) is 5.92 Å². The van der Waals surface area contributed by atoms with Gasteiger partial charge in [-0.25, -0.2) is 9.78 Å². The van der Waals surface area contributed by atoms with E-state index >= 15 is 0 Å². The monoisotopic (exact) mass is 468 g/mol. The normalized spacial score (nSPS) is 14.8. The van der Waals surface area contributed by atoms with Gasteiger partial charge >= 0.3 is 6.03 Å². The molecular weight excluding hydrogens is 443 g/mol. The molecule has 0 radical (unpaired) electrons. The van der Waals surface area contributed by atoms with Gasteiger partial charge in [0, 0.05) is 30.2 Å². The summed E-state index contributed by atoms with van der Waals surface area (Å²) in [5.74, 6) is 0.634. The van der Waals surface area contributed by atoms with Gasteiger partial charge in [-0.2, -0.15) is 0 Å². The summed E-state index contributed by atoms with van der Waals surface area (Å²) in [7, 11) is 0. The second-order valence-electron chi connectivity index (χ2n) is 7.88. The molecule has 3 rings (SSSR count). The van der Waals surface area contributed by atoms with E-state index in [-0.39, 0.29) is 18.0 Å². The molecule has 0 atom stereocenters. The van der Waals surface area contributed by atoms with Crippen LogP contribution >= 0.6 is 34.5 Å². The number of hydrogen-bond acceptors (Lipinski definition) is 4. The fraction of sp³-hybridized carbons (Fsp3) is 0.476. The molecule has 30 heavy (non-hydrogen) atoms. The first-order valence-corrected chi connectivity index (χ1v) is 11.6. The van der Waals surface area contributed by atoms with Gasteiger partial charge in [-0.05, 0) is 50.8 Å². The molecule has 0 aliphatic carbocycles. The third-order valence-electron chi connectivity index (χ3n) is 5.20. The Morgan fingerprint density at radius 2 is 1.97 bits per heavy atom. The zero-order chi connectivity index (χ0) is 21.8. The Morgan fingerprint density at radius 1 is 1.27 bits per heavy atom. The van der Waals surface area contributed by atoms with E-state index in [9.17, 15) is 9.59 Å². The number of urea groups is 1. The lowest BCUT2D eigenvalue weighted by atomic mass is 9.99. The first kappa shape index (κ1) is 22.8. The van der Waals surface area contributed by atoms with E-state index in [0.717, 1.165) is 30.9 Å². The molecule has 1 N–H and O–H groups in total. The molecule has 0 bridgehead atoms. The number of amides is 3. The second-order valence-corrected chi connectivity index (χ2v) is 9.64. The fourth-order valence-electron chi connectivity index (χ4n) is 3.26. The van der Waals surface area contributed by atoms with Gasteiger partial charge < -0.3 is 15.1 Å². The Kier molecular flexibility index (Phi) is 7.60. The van der Waals surface area contributed by atoms with Crippen molar-refractivity contribution in [2.75, 3.05) is 18.4 Å². The topological polar surface area (TPSA) is 65.5 Å². The van der Waals surface area contributed by atoms with Crippen LogP contribution < -0.4 is 5.32 Å². The maximum Gasteiger partial charge on any atom is 0.322 e. The van der Waals surface area contributed by atoms with Gasteiger partial charge in [0.05, 0.1) is 16.6 Å². The fourth-order valence-corrected chi connectivity index (χ4v) is 4.32. The van der Waals surface area contributed by atoms with E-state index in [2.05, 4.69) is 17.2 Å². The van der Waals surface area contributed by atoms with Gasteiger partial charge in [0.1, 0.15) is 10.7 Å². The number of likely N-dealkylation sites (tertiary alicyclic amines) is 1. The number of nitrogens with one attached hydrogen (secondary N) is 1. The number of thiazole rings is 1. The van der Waals surface area contributed by atoms with E-state index in [4.69, 9.17) is 23.2 Å². The SMILES string of the molecule is CC1CCN(C(=O)c2csc(CN(C(=O)Nc3ccc(Cl)c(Cl)c3)C(C)C)n2)CC1. The van der Waals surface area contributed by atoms with Crippen molar-refractivity contribution in [2.24, 2.45) is 5.92 Å². The Hall–Kier alpha value is -1.83. The summed E-state index contributed by atoms with van der Waals surface area (Å²) in [5.41, 5.74) is 1.02. The molecule has 1 aliphatic rings. The van der Waals surface area contributed by atoms with Crippen molar-refractivity contribution in [3.63, 3.8) is 0 Å².